The Morgan fingerprint density at radius 3 is 2.43 bits per heavy atom. The summed E-state index contributed by atoms with van der Waals surface area (Å²) >= 11 is 0. The number of ketones is 1. The lowest BCUT2D eigenvalue weighted by Crippen LogP contribution is -2.35. The number of benzene rings is 2. The number of nitrogens with zero attached hydrogens (tertiary/aromatic N) is 3. The highest BCUT2D eigenvalue weighted by Gasteiger charge is 2.45. The summed E-state index contributed by atoms with van der Waals surface area (Å²) < 4.78 is 5.94. The topological polar surface area (TPSA) is 83.0 Å². The summed E-state index contributed by atoms with van der Waals surface area (Å²) in [5.74, 6) is -0.822. The van der Waals surface area contributed by atoms with Crippen LogP contribution in [0, 0.1) is 6.92 Å². The molecule has 1 N–H and O–H groups in total. The summed E-state index contributed by atoms with van der Waals surface area (Å²) in [6.45, 7) is 3.24. The van der Waals surface area contributed by atoms with Crippen LogP contribution in [0.2, 0.25) is 0 Å². The molecule has 35 heavy (non-hydrogen) atoms. The van der Waals surface area contributed by atoms with Crippen molar-refractivity contribution in [1.82, 2.24) is 14.8 Å². The average molecular weight is 472 g/mol. The van der Waals surface area contributed by atoms with Gasteiger partial charge in [0.05, 0.1) is 11.6 Å². The van der Waals surface area contributed by atoms with E-state index in [4.69, 9.17) is 4.74 Å². The van der Waals surface area contributed by atoms with Gasteiger partial charge in [-0.3, -0.25) is 14.6 Å². The Morgan fingerprint density at radius 2 is 1.77 bits per heavy atom. The van der Waals surface area contributed by atoms with Gasteiger partial charge in [-0.25, -0.2) is 0 Å². The zero-order valence-electron chi connectivity index (χ0n) is 20.1. The molecule has 0 unspecified atom stereocenters. The monoisotopic (exact) mass is 471 g/mol. The molecule has 2 aromatic carbocycles. The van der Waals surface area contributed by atoms with Gasteiger partial charge in [0.15, 0.2) is 0 Å². The van der Waals surface area contributed by atoms with E-state index < -0.39 is 17.7 Å². The van der Waals surface area contributed by atoms with Crippen LogP contribution in [0.15, 0.2) is 78.6 Å². The number of hydrogen-bond donors (Lipinski definition) is 1. The molecule has 1 atom stereocenters. The first-order valence-corrected chi connectivity index (χ1v) is 11.5. The molecule has 0 radical (unpaired) electrons. The van der Waals surface area contributed by atoms with Gasteiger partial charge < -0.3 is 19.6 Å². The third-order valence-electron chi connectivity index (χ3n) is 6.04. The van der Waals surface area contributed by atoms with Crippen LogP contribution in [0.4, 0.5) is 0 Å². The third kappa shape index (κ3) is 5.25. The number of aliphatic hydroxyl groups is 1. The van der Waals surface area contributed by atoms with Crippen molar-refractivity contribution < 1.29 is 19.4 Å². The zero-order chi connectivity index (χ0) is 24.9. The van der Waals surface area contributed by atoms with Gasteiger partial charge in [-0.05, 0) is 68.0 Å². The molecule has 0 saturated carbocycles. The van der Waals surface area contributed by atoms with Gasteiger partial charge in [-0.15, -0.1) is 0 Å². The maximum Gasteiger partial charge on any atom is 0.295 e. The van der Waals surface area contributed by atoms with Crippen molar-refractivity contribution in [2.45, 2.75) is 19.6 Å². The molecule has 1 aliphatic rings. The fourth-order valence-electron chi connectivity index (χ4n) is 4.16. The van der Waals surface area contributed by atoms with Crippen LogP contribution in [-0.4, -0.2) is 58.8 Å². The van der Waals surface area contributed by atoms with Crippen molar-refractivity contribution in [3.05, 3.63) is 101 Å². The van der Waals surface area contributed by atoms with E-state index in [1.807, 2.05) is 56.3 Å². The second-order valence-electron chi connectivity index (χ2n) is 8.83. The van der Waals surface area contributed by atoms with Crippen LogP contribution >= 0.6 is 0 Å². The van der Waals surface area contributed by atoms with Crippen molar-refractivity contribution in [3.63, 3.8) is 0 Å². The van der Waals surface area contributed by atoms with Gasteiger partial charge in [0.25, 0.3) is 11.7 Å². The van der Waals surface area contributed by atoms with Crippen LogP contribution in [0.1, 0.15) is 28.3 Å². The molecular formula is C28H29N3O4. The number of likely N-dealkylation sites (tertiary alicyclic amines) is 1. The minimum Gasteiger partial charge on any atom is -0.507 e. The summed E-state index contributed by atoms with van der Waals surface area (Å²) in [4.78, 5) is 33.6. The summed E-state index contributed by atoms with van der Waals surface area (Å²) in [6.07, 6.45) is 3.23. The number of Topliss-reactive ketones (excluding diaryl/α,β-unsaturated/α-hetero) is 1. The van der Waals surface area contributed by atoms with Crippen LogP contribution in [-0.2, 0) is 16.2 Å². The van der Waals surface area contributed by atoms with E-state index in [2.05, 4.69) is 4.98 Å². The molecule has 0 aliphatic carbocycles. The van der Waals surface area contributed by atoms with Crippen LogP contribution < -0.4 is 4.74 Å². The molecule has 180 valence electrons. The van der Waals surface area contributed by atoms with Crippen LogP contribution in [0.3, 0.4) is 0 Å². The minimum atomic E-state index is -0.690. The lowest BCUT2D eigenvalue weighted by atomic mass is 9.95. The van der Waals surface area contributed by atoms with Crippen molar-refractivity contribution in [2.24, 2.45) is 0 Å². The molecule has 7 heteroatoms. The number of hydrogen-bond acceptors (Lipinski definition) is 6. The highest BCUT2D eigenvalue weighted by atomic mass is 16.5. The van der Waals surface area contributed by atoms with E-state index in [0.29, 0.717) is 31.0 Å². The Bertz CT molecular complexity index is 1240. The van der Waals surface area contributed by atoms with Crippen LogP contribution in [0.5, 0.6) is 5.75 Å². The summed E-state index contributed by atoms with van der Waals surface area (Å²) in [7, 11) is 3.81. The second-order valence-corrected chi connectivity index (χ2v) is 8.83. The van der Waals surface area contributed by atoms with Gasteiger partial charge in [-0.1, -0.05) is 30.3 Å². The molecule has 1 aromatic heterocycles. The van der Waals surface area contributed by atoms with Crippen molar-refractivity contribution >= 4 is 17.4 Å². The highest BCUT2D eigenvalue weighted by molar-refractivity contribution is 6.46. The Morgan fingerprint density at radius 1 is 1.06 bits per heavy atom. The number of aromatic nitrogens is 1. The Hall–Kier alpha value is -3.97. The van der Waals surface area contributed by atoms with E-state index in [9.17, 15) is 14.7 Å². The van der Waals surface area contributed by atoms with Gasteiger partial charge in [0, 0.05) is 31.0 Å². The maximum absolute atomic E-state index is 13.1. The SMILES string of the molecule is Cc1cc(/C(O)=C2\C(=O)C(=O)N(CCN(C)C)[C@H]2c2ccncc2)ccc1OCc1ccccc1. The van der Waals surface area contributed by atoms with E-state index in [1.54, 1.807) is 42.7 Å². The first-order valence-electron chi connectivity index (χ1n) is 11.5. The fraction of sp³-hybridized carbons (Fsp3) is 0.250. The van der Waals surface area contributed by atoms with Gasteiger partial charge in [0.2, 0.25) is 0 Å². The fourth-order valence-corrected chi connectivity index (χ4v) is 4.16. The Balaban J connectivity index is 1.68. The van der Waals surface area contributed by atoms with Crippen molar-refractivity contribution in [3.8, 4) is 5.75 Å². The minimum absolute atomic E-state index is 0.0808. The van der Waals surface area contributed by atoms with E-state index >= 15 is 0 Å². The molecule has 1 saturated heterocycles. The number of aliphatic hydroxyl groups excluding tert-OH is 1. The number of amides is 1. The number of aryl methyl sites for hydroxylation is 1. The third-order valence-corrected chi connectivity index (χ3v) is 6.04. The predicted molar refractivity (Wildman–Crippen MR) is 134 cm³/mol. The normalized spacial score (nSPS) is 17.3. The molecule has 1 amide bonds. The lowest BCUT2D eigenvalue weighted by Gasteiger charge is -2.26. The van der Waals surface area contributed by atoms with E-state index in [-0.39, 0.29) is 11.3 Å². The zero-order valence-corrected chi connectivity index (χ0v) is 20.1. The molecule has 1 aliphatic heterocycles. The molecule has 1 fully saturated rings. The molecule has 2 heterocycles. The Kier molecular flexibility index (Phi) is 7.27. The maximum atomic E-state index is 13.1. The quantitative estimate of drug-likeness (QED) is 0.304. The van der Waals surface area contributed by atoms with Crippen LogP contribution in [0.25, 0.3) is 5.76 Å². The molecule has 4 rings (SSSR count). The summed E-state index contributed by atoms with van der Waals surface area (Å²) in [6, 6.07) is 17.9. The van der Waals surface area contributed by atoms with E-state index in [1.165, 1.54) is 4.90 Å². The summed E-state index contributed by atoms with van der Waals surface area (Å²) in [5.41, 5.74) is 3.12. The first-order chi connectivity index (χ1) is 16.9. The number of ether oxygens (including phenoxy) is 1. The standard InChI is InChI=1S/C28H29N3O4/c1-19-17-22(9-10-23(19)35-18-20-7-5-4-6-8-20)26(32)24-25(21-11-13-29-14-12-21)31(16-15-30(2)3)28(34)27(24)33/h4-14,17,25,32H,15-16,18H2,1-3H3/b26-24+/t25-/m0/s1. The first kappa shape index (κ1) is 24.2. The number of likely N-dealkylation sites (N-methyl/N-ethyl adjacent to an activating group) is 1. The largest absolute Gasteiger partial charge is 0.507 e. The van der Waals surface area contributed by atoms with Gasteiger partial charge in [0.1, 0.15) is 18.1 Å². The molecule has 3 aromatic rings. The number of carbonyl (C=O) groups excluding carboxylic acids is 2. The smallest absolute Gasteiger partial charge is 0.295 e. The Labute approximate surface area is 205 Å². The summed E-state index contributed by atoms with van der Waals surface area (Å²) in [5, 5.41) is 11.3. The van der Waals surface area contributed by atoms with Crippen molar-refractivity contribution in [1.29, 1.82) is 0 Å². The molecule has 0 bridgehead atoms. The second kappa shape index (κ2) is 10.5. The average Bonchev–Trinajstić information content (AvgIpc) is 3.12. The number of rotatable bonds is 8. The predicted octanol–water partition coefficient (Wildman–Crippen LogP) is 3.95. The van der Waals surface area contributed by atoms with Crippen molar-refractivity contribution in [2.75, 3.05) is 27.2 Å². The van der Waals surface area contributed by atoms with Gasteiger partial charge >= 0.3 is 0 Å². The molecule has 0 spiro atoms. The number of pyridine rings is 1. The lowest BCUT2D eigenvalue weighted by molar-refractivity contribution is -0.140. The number of carbonyl (C=O) groups is 2. The van der Waals surface area contributed by atoms with Gasteiger partial charge in [-0.2, -0.15) is 0 Å². The molecule has 7 nitrogen and oxygen atoms in total. The molecular weight excluding hydrogens is 442 g/mol. The highest BCUT2D eigenvalue weighted by Crippen LogP contribution is 2.39. The van der Waals surface area contributed by atoms with E-state index in [0.717, 1.165) is 16.7 Å².